The zero-order chi connectivity index (χ0) is 15.9. The normalized spacial score (nSPS) is 20.6. The van der Waals surface area contributed by atoms with E-state index in [0.717, 1.165) is 52.4 Å². The van der Waals surface area contributed by atoms with Crippen molar-refractivity contribution >= 4 is 5.91 Å². The topological polar surface area (TPSA) is 48.9 Å². The molecule has 0 aliphatic carbocycles. The average Bonchev–Trinajstić information content (AvgIpc) is 2.62. The first kappa shape index (κ1) is 16.4. The zero-order valence-corrected chi connectivity index (χ0v) is 13.7. The van der Waals surface area contributed by atoms with Gasteiger partial charge in [0.2, 0.25) is 5.91 Å². The van der Waals surface area contributed by atoms with Gasteiger partial charge >= 0.3 is 0 Å². The first-order valence-corrected chi connectivity index (χ1v) is 8.50. The van der Waals surface area contributed by atoms with Crippen molar-refractivity contribution in [3.05, 3.63) is 30.1 Å². The molecule has 0 aromatic carbocycles. The Morgan fingerprint density at radius 3 is 2.35 bits per heavy atom. The lowest BCUT2D eigenvalue weighted by Crippen LogP contribution is -2.47. The first-order valence-electron chi connectivity index (χ1n) is 8.50. The summed E-state index contributed by atoms with van der Waals surface area (Å²) in [6.45, 7) is 8.93. The molecule has 23 heavy (non-hydrogen) atoms. The molecule has 6 nitrogen and oxygen atoms in total. The van der Waals surface area contributed by atoms with Crippen LogP contribution in [-0.4, -0.2) is 84.6 Å². The lowest BCUT2D eigenvalue weighted by atomic mass is 10.2. The summed E-state index contributed by atoms with van der Waals surface area (Å²) in [5.74, 6) is 0.271. The molecule has 1 aromatic heterocycles. The van der Waals surface area contributed by atoms with Crippen molar-refractivity contribution in [1.29, 1.82) is 0 Å². The molecule has 6 heteroatoms. The number of piperazine rings is 1. The number of nitrogens with zero attached hydrogens (tertiary/aromatic N) is 4. The smallest absolute Gasteiger partial charge is 0.224 e. The molecule has 2 saturated heterocycles. The van der Waals surface area contributed by atoms with Crippen LogP contribution in [0.4, 0.5) is 0 Å². The summed E-state index contributed by atoms with van der Waals surface area (Å²) in [5, 5.41) is 0. The van der Waals surface area contributed by atoms with Crippen LogP contribution in [0, 0.1) is 0 Å². The van der Waals surface area contributed by atoms with Crippen molar-refractivity contribution in [2.24, 2.45) is 0 Å². The van der Waals surface area contributed by atoms with E-state index in [0.29, 0.717) is 19.6 Å². The minimum Gasteiger partial charge on any atom is -0.378 e. The molecule has 0 atom stereocenters. The fourth-order valence-corrected chi connectivity index (χ4v) is 3.14. The SMILES string of the molecule is O=C(CCN1CCN(Cc2ccncc2)CC1)N1CCOCC1. The molecular formula is C17H26N4O2. The second kappa shape index (κ2) is 8.38. The first-order chi connectivity index (χ1) is 11.3. The van der Waals surface area contributed by atoms with E-state index in [1.54, 1.807) is 0 Å². The highest BCUT2D eigenvalue weighted by atomic mass is 16.5. The van der Waals surface area contributed by atoms with Crippen LogP contribution < -0.4 is 0 Å². The lowest BCUT2D eigenvalue weighted by Gasteiger charge is -2.35. The maximum Gasteiger partial charge on any atom is 0.224 e. The third-order valence-electron chi connectivity index (χ3n) is 4.63. The number of hydrogen-bond donors (Lipinski definition) is 0. The molecule has 1 amide bonds. The van der Waals surface area contributed by atoms with Gasteiger partial charge < -0.3 is 14.5 Å². The lowest BCUT2D eigenvalue weighted by molar-refractivity contribution is -0.135. The summed E-state index contributed by atoms with van der Waals surface area (Å²) in [7, 11) is 0. The molecule has 0 unspecified atom stereocenters. The van der Waals surface area contributed by atoms with Crippen molar-refractivity contribution in [1.82, 2.24) is 19.7 Å². The molecule has 2 fully saturated rings. The number of carbonyl (C=O) groups excluding carboxylic acids is 1. The molecule has 0 N–H and O–H groups in total. The molecule has 1 aromatic rings. The van der Waals surface area contributed by atoms with Gasteiger partial charge in [-0.3, -0.25) is 14.7 Å². The summed E-state index contributed by atoms with van der Waals surface area (Å²) in [6, 6.07) is 4.15. The van der Waals surface area contributed by atoms with Crippen LogP contribution in [0.1, 0.15) is 12.0 Å². The molecule has 0 bridgehead atoms. The Hall–Kier alpha value is -1.50. The quantitative estimate of drug-likeness (QED) is 0.789. The maximum absolute atomic E-state index is 12.2. The van der Waals surface area contributed by atoms with Crippen molar-refractivity contribution < 1.29 is 9.53 Å². The molecule has 2 aliphatic heterocycles. The molecule has 2 aliphatic rings. The van der Waals surface area contributed by atoms with Crippen LogP contribution in [0.3, 0.4) is 0 Å². The van der Waals surface area contributed by atoms with Crippen LogP contribution in [0.25, 0.3) is 0 Å². The van der Waals surface area contributed by atoms with Gasteiger partial charge in [0.05, 0.1) is 13.2 Å². The largest absolute Gasteiger partial charge is 0.378 e. The summed E-state index contributed by atoms with van der Waals surface area (Å²) in [5.41, 5.74) is 1.32. The van der Waals surface area contributed by atoms with Crippen molar-refractivity contribution in [2.45, 2.75) is 13.0 Å². The standard InChI is InChI=1S/C17H26N4O2/c22-17(21-11-13-23-14-12-21)3-6-19-7-9-20(10-8-19)15-16-1-4-18-5-2-16/h1-2,4-5H,3,6-15H2. The van der Waals surface area contributed by atoms with Gasteiger partial charge in [0, 0.05) is 71.2 Å². The summed E-state index contributed by atoms with van der Waals surface area (Å²) in [4.78, 5) is 23.0. The fourth-order valence-electron chi connectivity index (χ4n) is 3.14. The second-order valence-electron chi connectivity index (χ2n) is 6.22. The molecule has 3 rings (SSSR count). The number of rotatable bonds is 5. The zero-order valence-electron chi connectivity index (χ0n) is 13.7. The van der Waals surface area contributed by atoms with E-state index >= 15 is 0 Å². The van der Waals surface area contributed by atoms with E-state index in [4.69, 9.17) is 4.74 Å². The maximum atomic E-state index is 12.2. The average molecular weight is 318 g/mol. The van der Waals surface area contributed by atoms with Gasteiger partial charge in [-0.25, -0.2) is 0 Å². The number of morpholine rings is 1. The molecule has 0 spiro atoms. The Bertz CT molecular complexity index is 483. The van der Waals surface area contributed by atoms with Gasteiger partial charge in [0.1, 0.15) is 0 Å². The van der Waals surface area contributed by atoms with E-state index < -0.39 is 0 Å². The number of carbonyl (C=O) groups is 1. The van der Waals surface area contributed by atoms with Gasteiger partial charge in [-0.1, -0.05) is 0 Å². The molecular weight excluding hydrogens is 292 g/mol. The van der Waals surface area contributed by atoms with Gasteiger partial charge in [0.15, 0.2) is 0 Å². The third-order valence-corrected chi connectivity index (χ3v) is 4.63. The van der Waals surface area contributed by atoms with Crippen molar-refractivity contribution in [3.8, 4) is 0 Å². The highest BCUT2D eigenvalue weighted by molar-refractivity contribution is 5.76. The number of hydrogen-bond acceptors (Lipinski definition) is 5. The minimum atomic E-state index is 0.271. The molecule has 3 heterocycles. The van der Waals surface area contributed by atoms with Crippen LogP contribution in [0.5, 0.6) is 0 Å². The molecule has 0 saturated carbocycles. The van der Waals surface area contributed by atoms with E-state index in [2.05, 4.69) is 26.9 Å². The Balaban J connectivity index is 1.35. The van der Waals surface area contributed by atoms with Gasteiger partial charge in [-0.2, -0.15) is 0 Å². The van der Waals surface area contributed by atoms with E-state index in [-0.39, 0.29) is 5.91 Å². The van der Waals surface area contributed by atoms with E-state index in [1.165, 1.54) is 5.56 Å². The number of aromatic nitrogens is 1. The number of pyridine rings is 1. The third kappa shape index (κ3) is 4.99. The van der Waals surface area contributed by atoms with Crippen molar-refractivity contribution in [2.75, 3.05) is 59.0 Å². The van der Waals surface area contributed by atoms with Gasteiger partial charge in [-0.15, -0.1) is 0 Å². The molecule has 126 valence electrons. The van der Waals surface area contributed by atoms with Crippen molar-refractivity contribution in [3.63, 3.8) is 0 Å². The Labute approximate surface area is 138 Å². The summed E-state index contributed by atoms with van der Waals surface area (Å²) in [6.07, 6.45) is 4.33. The Morgan fingerprint density at radius 1 is 1.00 bits per heavy atom. The Morgan fingerprint density at radius 2 is 1.65 bits per heavy atom. The van der Waals surface area contributed by atoms with Gasteiger partial charge in [0.25, 0.3) is 0 Å². The van der Waals surface area contributed by atoms with Gasteiger partial charge in [-0.05, 0) is 17.7 Å². The van der Waals surface area contributed by atoms with Crippen LogP contribution in [-0.2, 0) is 16.1 Å². The van der Waals surface area contributed by atoms with Crippen LogP contribution >= 0.6 is 0 Å². The van der Waals surface area contributed by atoms with Crippen LogP contribution in [0.15, 0.2) is 24.5 Å². The monoisotopic (exact) mass is 318 g/mol. The number of ether oxygens (including phenoxy) is 1. The highest BCUT2D eigenvalue weighted by Crippen LogP contribution is 2.09. The van der Waals surface area contributed by atoms with E-state index in [1.807, 2.05) is 17.3 Å². The summed E-state index contributed by atoms with van der Waals surface area (Å²) >= 11 is 0. The molecule has 0 radical (unpaired) electrons. The second-order valence-corrected chi connectivity index (χ2v) is 6.22. The minimum absolute atomic E-state index is 0.271. The highest BCUT2D eigenvalue weighted by Gasteiger charge is 2.20. The van der Waals surface area contributed by atoms with E-state index in [9.17, 15) is 4.79 Å². The fraction of sp³-hybridized carbons (Fsp3) is 0.647. The predicted molar refractivity (Wildman–Crippen MR) is 88.0 cm³/mol. The number of amides is 1. The van der Waals surface area contributed by atoms with Crippen LogP contribution in [0.2, 0.25) is 0 Å². The Kier molecular flexibility index (Phi) is 5.96. The summed E-state index contributed by atoms with van der Waals surface area (Å²) < 4.78 is 5.29. The predicted octanol–water partition coefficient (Wildman–Crippen LogP) is 0.448.